The number of aromatic hydroxyl groups is 1. The van der Waals surface area contributed by atoms with Gasteiger partial charge >= 0.3 is 5.97 Å². The number of nitrogens with zero attached hydrogens (tertiary/aromatic N) is 1. The van der Waals surface area contributed by atoms with Crippen molar-refractivity contribution in [2.24, 2.45) is 11.8 Å². The predicted octanol–water partition coefficient (Wildman–Crippen LogP) is 2.83. The van der Waals surface area contributed by atoms with E-state index in [0.717, 1.165) is 9.78 Å². The highest BCUT2D eigenvalue weighted by Gasteiger charge is 2.69. The summed E-state index contributed by atoms with van der Waals surface area (Å²) < 4.78 is 16.5. The van der Waals surface area contributed by atoms with Gasteiger partial charge in [0.05, 0.1) is 30.7 Å². The topological polar surface area (TPSA) is 114 Å². The van der Waals surface area contributed by atoms with Gasteiger partial charge in [-0.05, 0) is 41.3 Å². The van der Waals surface area contributed by atoms with Gasteiger partial charge in [-0.15, -0.1) is 11.3 Å². The van der Waals surface area contributed by atoms with Crippen molar-refractivity contribution in [3.05, 3.63) is 70.4 Å². The minimum absolute atomic E-state index is 0.0847. The lowest BCUT2D eigenvalue weighted by molar-refractivity contribution is -0.152. The number of imide groups is 1. The van der Waals surface area contributed by atoms with Crippen LogP contribution in [0.5, 0.6) is 17.2 Å². The Balaban J connectivity index is 1.47. The standard InChI is InChI=1S/C27H24N2O7S/c1-34-26(33)27(14-15-4-7-17(30)8-5-15)22-21(23(28-27)20-3-2-12-37-20)24(31)29(25(22)32)16-6-9-18-19(13-16)36-11-10-35-18/h2-9,12-13,21-23,28,30H,10-11,14H2,1H3/t21-,22-,23+,27+/m0/s1. The fraction of sp³-hybridized carbons (Fsp3) is 0.296. The molecule has 1 aromatic heterocycles. The molecule has 37 heavy (non-hydrogen) atoms. The van der Waals surface area contributed by atoms with E-state index in [9.17, 15) is 19.5 Å². The van der Waals surface area contributed by atoms with Crippen molar-refractivity contribution in [3.63, 3.8) is 0 Å². The van der Waals surface area contributed by atoms with Crippen LogP contribution in [0.25, 0.3) is 0 Å². The molecule has 3 aromatic rings. The van der Waals surface area contributed by atoms with E-state index in [0.29, 0.717) is 36.0 Å². The Hall–Kier alpha value is -3.89. The Bertz CT molecular complexity index is 1370. The molecule has 2 N–H and O–H groups in total. The lowest BCUT2D eigenvalue weighted by Crippen LogP contribution is -2.57. The van der Waals surface area contributed by atoms with Gasteiger partial charge in [-0.25, -0.2) is 4.90 Å². The van der Waals surface area contributed by atoms with Crippen molar-refractivity contribution < 1.29 is 33.7 Å². The molecule has 0 saturated carbocycles. The van der Waals surface area contributed by atoms with Crippen LogP contribution < -0.4 is 19.7 Å². The van der Waals surface area contributed by atoms with Gasteiger partial charge < -0.3 is 19.3 Å². The van der Waals surface area contributed by atoms with Crippen LogP contribution >= 0.6 is 11.3 Å². The maximum atomic E-state index is 14.1. The number of benzene rings is 2. The summed E-state index contributed by atoms with van der Waals surface area (Å²) in [6.07, 6.45) is 0.0942. The van der Waals surface area contributed by atoms with Crippen molar-refractivity contribution in [3.8, 4) is 17.2 Å². The smallest absolute Gasteiger partial charge is 0.327 e. The predicted molar refractivity (Wildman–Crippen MR) is 134 cm³/mol. The fourth-order valence-electron chi connectivity index (χ4n) is 5.68. The Morgan fingerprint density at radius 1 is 1.11 bits per heavy atom. The summed E-state index contributed by atoms with van der Waals surface area (Å²) in [6, 6.07) is 14.6. The van der Waals surface area contributed by atoms with Gasteiger partial charge in [0, 0.05) is 17.4 Å². The van der Waals surface area contributed by atoms with Crippen molar-refractivity contribution in [2.45, 2.75) is 18.0 Å². The zero-order chi connectivity index (χ0) is 25.7. The van der Waals surface area contributed by atoms with E-state index in [1.165, 1.54) is 30.6 Å². The van der Waals surface area contributed by atoms with E-state index in [4.69, 9.17) is 14.2 Å². The number of methoxy groups -OCH3 is 1. The average molecular weight is 521 g/mol. The molecule has 10 heteroatoms. The first kappa shape index (κ1) is 23.5. The summed E-state index contributed by atoms with van der Waals surface area (Å²) in [4.78, 5) is 43.6. The highest BCUT2D eigenvalue weighted by atomic mass is 32.1. The van der Waals surface area contributed by atoms with Crippen LogP contribution in [-0.2, 0) is 25.5 Å². The van der Waals surface area contributed by atoms with E-state index in [1.807, 2.05) is 17.5 Å². The molecule has 0 unspecified atom stereocenters. The third kappa shape index (κ3) is 3.67. The third-order valence-corrected chi connectivity index (χ3v) is 8.21. The number of nitrogens with one attached hydrogen (secondary N) is 1. The second kappa shape index (κ2) is 8.89. The Morgan fingerprint density at radius 3 is 2.57 bits per heavy atom. The van der Waals surface area contributed by atoms with Gasteiger partial charge in [-0.2, -0.15) is 0 Å². The molecule has 2 fully saturated rings. The maximum absolute atomic E-state index is 14.1. The molecule has 0 spiro atoms. The number of phenols is 1. The second-order valence-corrected chi connectivity index (χ2v) is 10.3. The summed E-state index contributed by atoms with van der Waals surface area (Å²) >= 11 is 1.45. The van der Waals surface area contributed by atoms with Gasteiger partial charge in [-0.1, -0.05) is 18.2 Å². The number of carbonyl (C=O) groups is 3. The molecule has 190 valence electrons. The SMILES string of the molecule is COC(=O)[C@]1(Cc2ccc(O)cc2)N[C@H](c2cccs2)[C@H]2C(=O)N(c3ccc4c(c3)OCCO4)C(=O)[C@H]21. The van der Waals surface area contributed by atoms with E-state index < -0.39 is 41.2 Å². The number of rotatable bonds is 5. The second-order valence-electron chi connectivity index (χ2n) is 9.29. The molecule has 2 saturated heterocycles. The lowest BCUT2D eigenvalue weighted by atomic mass is 9.76. The minimum Gasteiger partial charge on any atom is -0.508 e. The van der Waals surface area contributed by atoms with Crippen LogP contribution in [0.2, 0.25) is 0 Å². The van der Waals surface area contributed by atoms with Crippen LogP contribution in [0.3, 0.4) is 0 Å². The van der Waals surface area contributed by atoms with Crippen LogP contribution in [0, 0.1) is 11.8 Å². The number of ether oxygens (including phenoxy) is 3. The maximum Gasteiger partial charge on any atom is 0.327 e. The number of thiophene rings is 1. The van der Waals surface area contributed by atoms with Gasteiger partial charge in [0.2, 0.25) is 11.8 Å². The van der Waals surface area contributed by atoms with Crippen LogP contribution in [-0.4, -0.2) is 48.8 Å². The quantitative estimate of drug-likeness (QED) is 0.390. The monoisotopic (exact) mass is 520 g/mol. The molecule has 3 aliphatic heterocycles. The van der Waals surface area contributed by atoms with Crippen molar-refractivity contribution >= 4 is 34.8 Å². The van der Waals surface area contributed by atoms with Crippen LogP contribution in [0.4, 0.5) is 5.69 Å². The highest BCUT2D eigenvalue weighted by molar-refractivity contribution is 7.10. The third-order valence-electron chi connectivity index (χ3n) is 7.26. The molecule has 0 bridgehead atoms. The molecule has 4 atom stereocenters. The normalized spacial score (nSPS) is 26.3. The highest BCUT2D eigenvalue weighted by Crippen LogP contribution is 2.52. The van der Waals surface area contributed by atoms with E-state index in [-0.39, 0.29) is 12.2 Å². The molecule has 2 aromatic carbocycles. The Labute approximate surface area is 216 Å². The van der Waals surface area contributed by atoms with Gasteiger partial charge in [0.25, 0.3) is 0 Å². The number of fused-ring (bicyclic) bond motifs is 2. The zero-order valence-corrected chi connectivity index (χ0v) is 20.7. The largest absolute Gasteiger partial charge is 0.508 e. The average Bonchev–Trinajstić information content (AvgIpc) is 3.62. The number of amides is 2. The fourth-order valence-corrected chi connectivity index (χ4v) is 6.50. The molecule has 0 radical (unpaired) electrons. The number of hydrogen-bond donors (Lipinski definition) is 2. The van der Waals surface area contributed by atoms with Gasteiger partial charge in [0.15, 0.2) is 11.5 Å². The van der Waals surface area contributed by atoms with E-state index >= 15 is 0 Å². The number of phenolic OH excluding ortho intramolecular Hbond substituents is 1. The first-order valence-corrected chi connectivity index (χ1v) is 12.8. The molecular formula is C27H24N2O7S. The minimum atomic E-state index is -1.50. The van der Waals surface area contributed by atoms with E-state index in [2.05, 4.69) is 5.32 Å². The molecule has 3 aliphatic rings. The first-order valence-electron chi connectivity index (χ1n) is 11.9. The van der Waals surface area contributed by atoms with Crippen molar-refractivity contribution in [1.82, 2.24) is 5.32 Å². The number of anilines is 1. The first-order chi connectivity index (χ1) is 17.9. The lowest BCUT2D eigenvalue weighted by Gasteiger charge is -2.32. The molecular weight excluding hydrogens is 496 g/mol. The Kier molecular flexibility index (Phi) is 5.65. The summed E-state index contributed by atoms with van der Waals surface area (Å²) in [6.45, 7) is 0.789. The molecule has 0 aliphatic carbocycles. The number of hydrogen-bond acceptors (Lipinski definition) is 9. The summed E-state index contributed by atoms with van der Waals surface area (Å²) in [5.74, 6) is -2.25. The van der Waals surface area contributed by atoms with Crippen LogP contribution in [0.15, 0.2) is 60.0 Å². The molecule has 6 rings (SSSR count). The van der Waals surface area contributed by atoms with Crippen molar-refractivity contribution in [2.75, 3.05) is 25.2 Å². The van der Waals surface area contributed by atoms with Crippen molar-refractivity contribution in [1.29, 1.82) is 0 Å². The van der Waals surface area contributed by atoms with Crippen LogP contribution in [0.1, 0.15) is 16.5 Å². The summed E-state index contributed by atoms with van der Waals surface area (Å²) in [5, 5.41) is 15.0. The number of carbonyl (C=O) groups excluding carboxylic acids is 3. The molecule has 4 heterocycles. The summed E-state index contributed by atoms with van der Waals surface area (Å²) in [5.41, 5.74) is -0.429. The van der Waals surface area contributed by atoms with Gasteiger partial charge in [0.1, 0.15) is 24.5 Å². The molecule has 9 nitrogen and oxygen atoms in total. The van der Waals surface area contributed by atoms with Gasteiger partial charge in [-0.3, -0.25) is 19.7 Å². The zero-order valence-electron chi connectivity index (χ0n) is 19.9. The summed E-state index contributed by atoms with van der Waals surface area (Å²) in [7, 11) is 1.27. The van der Waals surface area contributed by atoms with E-state index in [1.54, 1.807) is 30.3 Å². The Morgan fingerprint density at radius 2 is 1.86 bits per heavy atom. The number of esters is 1. The molecule has 2 amide bonds.